The number of carbonyl (C=O) groups excluding carboxylic acids is 2. The van der Waals surface area contributed by atoms with Crippen LogP contribution in [-0.4, -0.2) is 37.8 Å². The first-order valence-electron chi connectivity index (χ1n) is 10.3. The fraction of sp³-hybridized carbons (Fsp3) is 0.192. The number of hydrogen-bond donors (Lipinski definition) is 2. The molecule has 0 radical (unpaired) electrons. The summed E-state index contributed by atoms with van der Waals surface area (Å²) < 4.78 is 10.7. The lowest BCUT2D eigenvalue weighted by molar-refractivity contribution is -0.128. The van der Waals surface area contributed by atoms with Crippen LogP contribution in [0.4, 0.5) is 0 Å². The van der Waals surface area contributed by atoms with E-state index in [1.165, 1.54) is 6.21 Å². The molecule has 0 heterocycles. The van der Waals surface area contributed by atoms with Gasteiger partial charge in [-0.1, -0.05) is 48.4 Å². The molecule has 168 valence electrons. The maximum absolute atomic E-state index is 12.4. The number of hydrazone groups is 1. The van der Waals surface area contributed by atoms with Gasteiger partial charge in [-0.05, 0) is 41.5 Å². The molecule has 0 saturated heterocycles. The number of amides is 2. The van der Waals surface area contributed by atoms with Crippen LogP contribution in [0, 0.1) is 12.3 Å². The van der Waals surface area contributed by atoms with Gasteiger partial charge in [0, 0.05) is 5.56 Å². The molecular formula is C26H25N3O4. The fourth-order valence-electron chi connectivity index (χ4n) is 3.20. The van der Waals surface area contributed by atoms with E-state index in [-0.39, 0.29) is 18.9 Å². The molecule has 0 aliphatic rings. The van der Waals surface area contributed by atoms with Crippen molar-refractivity contribution in [3.8, 4) is 23.8 Å². The van der Waals surface area contributed by atoms with Gasteiger partial charge < -0.3 is 14.8 Å². The van der Waals surface area contributed by atoms with Crippen molar-refractivity contribution < 1.29 is 19.1 Å². The second-order valence-electron chi connectivity index (χ2n) is 7.24. The predicted octanol–water partition coefficient (Wildman–Crippen LogP) is 3.06. The average molecular weight is 444 g/mol. The number of nitrogens with zero attached hydrogens (tertiary/aromatic N) is 1. The molecule has 1 atom stereocenters. The first kappa shape index (κ1) is 23.4. The molecule has 0 aliphatic heterocycles. The van der Waals surface area contributed by atoms with E-state index in [1.807, 2.05) is 36.4 Å². The first-order valence-corrected chi connectivity index (χ1v) is 10.3. The Hall–Kier alpha value is -4.31. The van der Waals surface area contributed by atoms with Crippen LogP contribution in [0.3, 0.4) is 0 Å². The minimum atomic E-state index is -0.766. The lowest BCUT2D eigenvalue weighted by atomic mass is 10.0. The molecule has 2 amide bonds. The van der Waals surface area contributed by atoms with Gasteiger partial charge in [-0.25, -0.2) is 5.43 Å². The van der Waals surface area contributed by atoms with E-state index in [9.17, 15) is 9.59 Å². The fourth-order valence-corrected chi connectivity index (χ4v) is 3.20. The van der Waals surface area contributed by atoms with E-state index in [1.54, 1.807) is 38.3 Å². The van der Waals surface area contributed by atoms with Gasteiger partial charge in [0.15, 0.2) is 0 Å². The van der Waals surface area contributed by atoms with Gasteiger partial charge in [-0.15, -0.1) is 6.42 Å². The van der Waals surface area contributed by atoms with Crippen molar-refractivity contribution >= 4 is 28.8 Å². The maximum atomic E-state index is 12.4. The van der Waals surface area contributed by atoms with Crippen LogP contribution in [0.2, 0.25) is 0 Å². The van der Waals surface area contributed by atoms with Crippen molar-refractivity contribution in [3.63, 3.8) is 0 Å². The molecule has 0 bridgehead atoms. The van der Waals surface area contributed by atoms with E-state index < -0.39 is 11.9 Å². The molecule has 3 rings (SSSR count). The monoisotopic (exact) mass is 443 g/mol. The Balaban J connectivity index is 1.62. The zero-order valence-corrected chi connectivity index (χ0v) is 18.5. The van der Waals surface area contributed by atoms with Gasteiger partial charge in [-0.3, -0.25) is 9.59 Å². The molecule has 7 nitrogen and oxygen atoms in total. The van der Waals surface area contributed by atoms with Gasteiger partial charge >= 0.3 is 0 Å². The van der Waals surface area contributed by atoms with Gasteiger partial charge in [0.2, 0.25) is 5.91 Å². The van der Waals surface area contributed by atoms with Crippen molar-refractivity contribution in [3.05, 3.63) is 71.8 Å². The quantitative estimate of drug-likeness (QED) is 0.302. The third-order valence-electron chi connectivity index (χ3n) is 4.90. The van der Waals surface area contributed by atoms with E-state index in [0.717, 1.165) is 16.3 Å². The largest absolute Gasteiger partial charge is 0.497 e. The molecule has 0 saturated carbocycles. The lowest BCUT2D eigenvalue weighted by Crippen LogP contribution is -2.43. The van der Waals surface area contributed by atoms with E-state index in [2.05, 4.69) is 21.8 Å². The summed E-state index contributed by atoms with van der Waals surface area (Å²) in [5.41, 5.74) is 3.98. The van der Waals surface area contributed by atoms with Crippen LogP contribution in [0.1, 0.15) is 18.1 Å². The summed E-state index contributed by atoms with van der Waals surface area (Å²) in [6.07, 6.45) is 6.97. The van der Waals surface area contributed by atoms with E-state index >= 15 is 0 Å². The SMILES string of the molecule is C#CCOc1ccc2ccccc2c1C=NNC(=O)C(C)NC(=O)Cc1ccc(OC)cc1. The van der Waals surface area contributed by atoms with Crippen LogP contribution in [0.25, 0.3) is 10.8 Å². The van der Waals surface area contributed by atoms with Crippen LogP contribution >= 0.6 is 0 Å². The Morgan fingerprint density at radius 1 is 1.12 bits per heavy atom. The normalized spacial score (nSPS) is 11.5. The van der Waals surface area contributed by atoms with Gasteiger partial charge in [0.1, 0.15) is 24.1 Å². The minimum Gasteiger partial charge on any atom is -0.497 e. The average Bonchev–Trinajstić information content (AvgIpc) is 2.83. The Bertz CT molecular complexity index is 1200. The van der Waals surface area contributed by atoms with Crippen molar-refractivity contribution in [2.24, 2.45) is 5.10 Å². The summed E-state index contributed by atoms with van der Waals surface area (Å²) in [5, 5.41) is 8.65. The number of carbonyl (C=O) groups is 2. The molecule has 0 spiro atoms. The number of hydrogen-bond acceptors (Lipinski definition) is 5. The van der Waals surface area contributed by atoms with Crippen molar-refractivity contribution in [2.45, 2.75) is 19.4 Å². The third-order valence-corrected chi connectivity index (χ3v) is 4.90. The van der Waals surface area contributed by atoms with Crippen molar-refractivity contribution in [1.29, 1.82) is 0 Å². The molecular weight excluding hydrogens is 418 g/mol. The standard InChI is InChI=1S/C26H25N3O4/c1-4-15-33-24-14-11-20-7-5-6-8-22(20)23(24)17-27-29-26(31)18(2)28-25(30)16-19-9-12-21(32-3)13-10-19/h1,5-14,17-18H,15-16H2,2-3H3,(H,28,30)(H,29,31). The highest BCUT2D eigenvalue weighted by atomic mass is 16.5. The Labute approximate surface area is 192 Å². The Morgan fingerprint density at radius 3 is 2.61 bits per heavy atom. The number of nitrogens with one attached hydrogen (secondary N) is 2. The van der Waals surface area contributed by atoms with Crippen molar-refractivity contribution in [1.82, 2.24) is 10.7 Å². The van der Waals surface area contributed by atoms with Crippen LogP contribution < -0.4 is 20.2 Å². The molecule has 2 N–H and O–H groups in total. The molecule has 7 heteroatoms. The third kappa shape index (κ3) is 6.34. The lowest BCUT2D eigenvalue weighted by Gasteiger charge is -2.13. The minimum absolute atomic E-state index is 0.114. The first-order chi connectivity index (χ1) is 16.0. The van der Waals surface area contributed by atoms with Crippen LogP contribution in [0.5, 0.6) is 11.5 Å². The molecule has 33 heavy (non-hydrogen) atoms. The predicted molar refractivity (Wildman–Crippen MR) is 128 cm³/mol. The Kier molecular flexibility index (Phi) is 8.03. The number of fused-ring (bicyclic) bond motifs is 1. The zero-order chi connectivity index (χ0) is 23.6. The van der Waals surface area contributed by atoms with E-state index in [4.69, 9.17) is 15.9 Å². The zero-order valence-electron chi connectivity index (χ0n) is 18.5. The summed E-state index contributed by atoms with van der Waals surface area (Å²) in [4.78, 5) is 24.7. The van der Waals surface area contributed by atoms with Crippen LogP contribution in [0.15, 0.2) is 65.8 Å². The Morgan fingerprint density at radius 2 is 1.88 bits per heavy atom. The highest BCUT2D eigenvalue weighted by Gasteiger charge is 2.15. The summed E-state index contributed by atoms with van der Waals surface area (Å²) in [6, 6.07) is 17.9. The summed E-state index contributed by atoms with van der Waals surface area (Å²) in [6.45, 7) is 1.71. The molecule has 0 fully saturated rings. The topological polar surface area (TPSA) is 89.0 Å². The molecule has 3 aromatic carbocycles. The number of ether oxygens (including phenoxy) is 2. The smallest absolute Gasteiger partial charge is 0.262 e. The molecule has 3 aromatic rings. The second kappa shape index (κ2) is 11.3. The summed E-state index contributed by atoms with van der Waals surface area (Å²) >= 11 is 0. The number of benzene rings is 3. The molecule has 0 aromatic heterocycles. The van der Waals surface area contributed by atoms with E-state index in [0.29, 0.717) is 17.1 Å². The summed E-state index contributed by atoms with van der Waals surface area (Å²) in [5.74, 6) is 3.00. The highest BCUT2D eigenvalue weighted by molar-refractivity contribution is 6.02. The number of rotatable bonds is 9. The number of terminal acetylenes is 1. The number of methoxy groups -OCH3 is 1. The highest BCUT2D eigenvalue weighted by Crippen LogP contribution is 2.26. The van der Waals surface area contributed by atoms with Crippen molar-refractivity contribution in [2.75, 3.05) is 13.7 Å². The molecule has 1 unspecified atom stereocenters. The second-order valence-corrected chi connectivity index (χ2v) is 7.24. The van der Waals surface area contributed by atoms with Gasteiger partial charge in [0.25, 0.3) is 5.91 Å². The van der Waals surface area contributed by atoms with Gasteiger partial charge in [-0.2, -0.15) is 5.10 Å². The van der Waals surface area contributed by atoms with Gasteiger partial charge in [0.05, 0.1) is 19.7 Å². The van der Waals surface area contributed by atoms with Crippen LogP contribution in [-0.2, 0) is 16.0 Å². The molecule has 0 aliphatic carbocycles. The summed E-state index contributed by atoms with van der Waals surface area (Å²) in [7, 11) is 1.58. The maximum Gasteiger partial charge on any atom is 0.262 e.